The van der Waals surface area contributed by atoms with Crippen molar-refractivity contribution in [2.75, 3.05) is 0 Å². The molecule has 0 fully saturated rings. The minimum atomic E-state index is 0.308. The van der Waals surface area contributed by atoms with Crippen LogP contribution in [-0.4, -0.2) is 16.3 Å². The Kier molecular flexibility index (Phi) is 2.26. The van der Waals surface area contributed by atoms with E-state index in [2.05, 4.69) is 23.8 Å². The highest BCUT2D eigenvalue weighted by Crippen LogP contribution is 2.28. The molecular weight excluding hydrogens is 192 g/mol. The van der Waals surface area contributed by atoms with Gasteiger partial charge in [-0.25, -0.2) is 9.97 Å². The highest BCUT2D eigenvalue weighted by atomic mass is 16.3. The average Bonchev–Trinajstić information content (AvgIpc) is 2.52. The Hall–Kier alpha value is -1.71. The van der Waals surface area contributed by atoms with Crippen molar-refractivity contribution in [3.05, 3.63) is 23.2 Å². The first-order chi connectivity index (χ1) is 7.13. The molecule has 4 heteroatoms. The van der Waals surface area contributed by atoms with E-state index in [0.717, 1.165) is 11.3 Å². The number of fused-ring (bicyclic) bond motifs is 1. The number of rotatable bonds is 2. The van der Waals surface area contributed by atoms with Crippen LogP contribution in [-0.2, 0) is 0 Å². The van der Waals surface area contributed by atoms with Gasteiger partial charge in [0, 0.05) is 5.56 Å². The molecule has 0 N–H and O–H groups in total. The summed E-state index contributed by atoms with van der Waals surface area (Å²) in [5.74, 6) is 1.13. The van der Waals surface area contributed by atoms with Crippen LogP contribution >= 0.6 is 0 Å². The standard InChI is InChI=1S/C11H12N2O2/c1-6(2)9-7(3)15-11-10(9)13-8(5-14)4-12-11/h4-6H,1-3H3. The van der Waals surface area contributed by atoms with Crippen molar-refractivity contribution in [2.45, 2.75) is 26.7 Å². The molecule has 15 heavy (non-hydrogen) atoms. The Morgan fingerprint density at radius 1 is 1.47 bits per heavy atom. The number of hydrogen-bond donors (Lipinski definition) is 0. The van der Waals surface area contributed by atoms with Crippen LogP contribution in [0.2, 0.25) is 0 Å². The SMILES string of the molecule is Cc1oc2ncc(C=O)nc2c1C(C)C. The Morgan fingerprint density at radius 2 is 2.20 bits per heavy atom. The molecular formula is C11H12N2O2. The number of aromatic nitrogens is 2. The topological polar surface area (TPSA) is 56.0 Å². The van der Waals surface area contributed by atoms with Crippen molar-refractivity contribution in [1.29, 1.82) is 0 Å². The van der Waals surface area contributed by atoms with Crippen molar-refractivity contribution < 1.29 is 9.21 Å². The smallest absolute Gasteiger partial charge is 0.245 e. The lowest BCUT2D eigenvalue weighted by Gasteiger charge is -2.01. The molecule has 0 bridgehead atoms. The zero-order valence-corrected chi connectivity index (χ0v) is 8.94. The van der Waals surface area contributed by atoms with E-state index in [4.69, 9.17) is 4.42 Å². The van der Waals surface area contributed by atoms with Crippen LogP contribution in [0.1, 0.15) is 41.6 Å². The molecule has 2 aromatic rings. The highest BCUT2D eigenvalue weighted by molar-refractivity contribution is 5.80. The Balaban J connectivity index is 2.77. The van der Waals surface area contributed by atoms with E-state index in [0.29, 0.717) is 29.1 Å². The molecule has 4 nitrogen and oxygen atoms in total. The molecule has 0 saturated carbocycles. The fraction of sp³-hybridized carbons (Fsp3) is 0.364. The second-order valence-electron chi connectivity index (χ2n) is 3.79. The summed E-state index contributed by atoms with van der Waals surface area (Å²) >= 11 is 0. The first-order valence-corrected chi connectivity index (χ1v) is 4.84. The van der Waals surface area contributed by atoms with Gasteiger partial charge in [0.05, 0.1) is 6.20 Å². The summed E-state index contributed by atoms with van der Waals surface area (Å²) in [4.78, 5) is 18.9. The van der Waals surface area contributed by atoms with Crippen LogP contribution < -0.4 is 0 Å². The van der Waals surface area contributed by atoms with Crippen LogP contribution in [0, 0.1) is 6.92 Å². The van der Waals surface area contributed by atoms with E-state index in [9.17, 15) is 4.79 Å². The Labute approximate surface area is 87.3 Å². The van der Waals surface area contributed by atoms with Gasteiger partial charge in [0.25, 0.3) is 0 Å². The average molecular weight is 204 g/mol. The van der Waals surface area contributed by atoms with E-state index in [1.165, 1.54) is 6.20 Å². The zero-order valence-electron chi connectivity index (χ0n) is 8.94. The minimum Gasteiger partial charge on any atom is -0.441 e. The number of nitrogens with zero attached hydrogens (tertiary/aromatic N) is 2. The summed E-state index contributed by atoms with van der Waals surface area (Å²) in [6, 6.07) is 0. The van der Waals surface area contributed by atoms with Gasteiger partial charge in [0.15, 0.2) is 6.29 Å². The monoisotopic (exact) mass is 204 g/mol. The Bertz CT molecular complexity index is 515. The molecule has 0 spiro atoms. The third-order valence-electron chi connectivity index (χ3n) is 2.34. The molecule has 0 saturated heterocycles. The van der Waals surface area contributed by atoms with Gasteiger partial charge in [0.1, 0.15) is 17.0 Å². The Morgan fingerprint density at radius 3 is 2.80 bits per heavy atom. The predicted molar refractivity (Wildman–Crippen MR) is 56.0 cm³/mol. The molecule has 0 radical (unpaired) electrons. The van der Waals surface area contributed by atoms with Gasteiger partial charge in [0.2, 0.25) is 5.71 Å². The first kappa shape index (κ1) is 9.83. The molecule has 2 aromatic heterocycles. The summed E-state index contributed by atoms with van der Waals surface area (Å²) < 4.78 is 5.47. The lowest BCUT2D eigenvalue weighted by Crippen LogP contribution is -1.93. The minimum absolute atomic E-state index is 0.308. The zero-order chi connectivity index (χ0) is 11.0. The van der Waals surface area contributed by atoms with E-state index in [-0.39, 0.29) is 0 Å². The third kappa shape index (κ3) is 1.52. The number of carbonyl (C=O) groups is 1. The third-order valence-corrected chi connectivity index (χ3v) is 2.34. The molecule has 0 unspecified atom stereocenters. The van der Waals surface area contributed by atoms with Crippen LogP contribution in [0.5, 0.6) is 0 Å². The predicted octanol–water partition coefficient (Wildman–Crippen LogP) is 2.47. The summed E-state index contributed by atoms with van der Waals surface area (Å²) in [5, 5.41) is 0. The molecule has 2 rings (SSSR count). The lowest BCUT2D eigenvalue weighted by atomic mass is 10.0. The number of aryl methyl sites for hydroxylation is 1. The fourth-order valence-corrected chi connectivity index (χ4v) is 1.75. The van der Waals surface area contributed by atoms with E-state index < -0.39 is 0 Å². The number of carbonyl (C=O) groups excluding carboxylic acids is 1. The van der Waals surface area contributed by atoms with Crippen molar-refractivity contribution in [3.63, 3.8) is 0 Å². The normalized spacial score (nSPS) is 11.2. The van der Waals surface area contributed by atoms with E-state index in [1.54, 1.807) is 0 Å². The van der Waals surface area contributed by atoms with Gasteiger partial charge < -0.3 is 4.42 Å². The van der Waals surface area contributed by atoms with Gasteiger partial charge in [-0.15, -0.1) is 0 Å². The van der Waals surface area contributed by atoms with Crippen molar-refractivity contribution in [2.24, 2.45) is 0 Å². The van der Waals surface area contributed by atoms with Crippen LogP contribution in [0.25, 0.3) is 11.2 Å². The molecule has 0 atom stereocenters. The number of furan rings is 1. The molecule has 0 aliphatic heterocycles. The van der Waals surface area contributed by atoms with Gasteiger partial charge >= 0.3 is 0 Å². The summed E-state index contributed by atoms with van der Waals surface area (Å²) in [5.41, 5.74) is 2.57. The molecule has 2 heterocycles. The molecule has 0 aromatic carbocycles. The summed E-state index contributed by atoms with van der Waals surface area (Å²) in [7, 11) is 0. The van der Waals surface area contributed by atoms with Gasteiger partial charge in [-0.2, -0.15) is 0 Å². The summed E-state index contributed by atoms with van der Waals surface area (Å²) in [6.07, 6.45) is 2.11. The lowest BCUT2D eigenvalue weighted by molar-refractivity contribution is 0.111. The molecule has 0 amide bonds. The summed E-state index contributed by atoms with van der Waals surface area (Å²) in [6.45, 7) is 6.01. The van der Waals surface area contributed by atoms with E-state index >= 15 is 0 Å². The second kappa shape index (κ2) is 3.46. The van der Waals surface area contributed by atoms with Crippen molar-refractivity contribution >= 4 is 17.5 Å². The maximum Gasteiger partial charge on any atom is 0.245 e. The maximum absolute atomic E-state index is 10.6. The van der Waals surface area contributed by atoms with Crippen LogP contribution in [0.3, 0.4) is 0 Å². The van der Waals surface area contributed by atoms with E-state index in [1.807, 2.05) is 6.92 Å². The van der Waals surface area contributed by atoms with Crippen molar-refractivity contribution in [1.82, 2.24) is 9.97 Å². The molecule has 78 valence electrons. The van der Waals surface area contributed by atoms with Crippen LogP contribution in [0.4, 0.5) is 0 Å². The molecule has 0 aliphatic rings. The molecule has 0 aliphatic carbocycles. The first-order valence-electron chi connectivity index (χ1n) is 4.84. The van der Waals surface area contributed by atoms with Gasteiger partial charge in [-0.3, -0.25) is 4.79 Å². The maximum atomic E-state index is 10.6. The van der Waals surface area contributed by atoms with Gasteiger partial charge in [-0.1, -0.05) is 13.8 Å². The van der Waals surface area contributed by atoms with Crippen molar-refractivity contribution in [3.8, 4) is 0 Å². The fourth-order valence-electron chi connectivity index (χ4n) is 1.75. The number of aldehydes is 1. The van der Waals surface area contributed by atoms with Gasteiger partial charge in [-0.05, 0) is 12.8 Å². The second-order valence-corrected chi connectivity index (χ2v) is 3.79. The van der Waals surface area contributed by atoms with Crippen LogP contribution in [0.15, 0.2) is 10.6 Å². The number of hydrogen-bond acceptors (Lipinski definition) is 4. The largest absolute Gasteiger partial charge is 0.441 e. The quantitative estimate of drug-likeness (QED) is 0.705. The highest BCUT2D eigenvalue weighted by Gasteiger charge is 2.16.